The van der Waals surface area contributed by atoms with Crippen molar-refractivity contribution in [1.29, 1.82) is 5.41 Å². The van der Waals surface area contributed by atoms with Crippen molar-refractivity contribution in [2.45, 2.75) is 13.0 Å². The van der Waals surface area contributed by atoms with Gasteiger partial charge in [0.2, 0.25) is 5.56 Å². The third kappa shape index (κ3) is 5.13. The highest BCUT2D eigenvalue weighted by Crippen LogP contribution is 2.29. The highest BCUT2D eigenvalue weighted by molar-refractivity contribution is 5.94. The molecule has 0 bridgehead atoms. The molecule has 0 atom stereocenters. The quantitative estimate of drug-likeness (QED) is 0.392. The molecule has 1 aromatic heterocycles. The van der Waals surface area contributed by atoms with Gasteiger partial charge in [-0.25, -0.2) is 4.39 Å². The number of nitrogens with two attached hydrogens (primary N) is 1. The van der Waals surface area contributed by atoms with Gasteiger partial charge in [0.1, 0.15) is 24.6 Å². The second-order valence-electron chi connectivity index (χ2n) is 7.01. The van der Waals surface area contributed by atoms with E-state index in [0.29, 0.717) is 31.1 Å². The van der Waals surface area contributed by atoms with Crippen molar-refractivity contribution in [3.63, 3.8) is 0 Å². The minimum atomic E-state index is -0.665. The molecule has 3 N–H and O–H groups in total. The summed E-state index contributed by atoms with van der Waals surface area (Å²) in [5.74, 6) is -0.534. The molecule has 0 unspecified atom stereocenters. The molecule has 9 heteroatoms. The molecule has 29 heavy (non-hydrogen) atoms. The zero-order valence-electron chi connectivity index (χ0n) is 16.1. The van der Waals surface area contributed by atoms with Crippen molar-refractivity contribution in [3.05, 3.63) is 58.3 Å². The molecule has 8 nitrogen and oxygen atoms in total. The summed E-state index contributed by atoms with van der Waals surface area (Å²) < 4.78 is 26.9. The average Bonchev–Trinajstić information content (AvgIpc) is 2.63. The Morgan fingerprint density at radius 3 is 2.76 bits per heavy atom. The molecule has 2 aromatic rings. The number of rotatable bonds is 8. The number of hydrogen-bond donors (Lipinski definition) is 2. The highest BCUT2D eigenvalue weighted by atomic mass is 19.1. The van der Waals surface area contributed by atoms with Crippen LogP contribution in [0.3, 0.4) is 0 Å². The van der Waals surface area contributed by atoms with Crippen LogP contribution in [-0.4, -0.2) is 36.1 Å². The minimum absolute atomic E-state index is 0.102. The largest absolute Gasteiger partial charge is 0.492 e. The molecule has 1 aromatic carbocycles. The molecule has 0 amide bonds. The minimum Gasteiger partial charge on any atom is -0.492 e. The summed E-state index contributed by atoms with van der Waals surface area (Å²) in [6, 6.07) is 8.03. The lowest BCUT2D eigenvalue weighted by Crippen LogP contribution is -2.49. The Bertz CT molecular complexity index is 969. The zero-order valence-corrected chi connectivity index (χ0v) is 16.1. The summed E-state index contributed by atoms with van der Waals surface area (Å²) >= 11 is 0. The summed E-state index contributed by atoms with van der Waals surface area (Å²) in [6.45, 7) is 1.53. The topological polar surface area (TPSA) is 111 Å². The van der Waals surface area contributed by atoms with Crippen LogP contribution in [0.4, 0.5) is 10.1 Å². The van der Waals surface area contributed by atoms with E-state index in [9.17, 15) is 14.0 Å². The van der Waals surface area contributed by atoms with E-state index in [2.05, 4.69) is 0 Å². The summed E-state index contributed by atoms with van der Waals surface area (Å²) in [5.41, 5.74) is 5.76. The number of benzene rings is 1. The first kappa shape index (κ1) is 20.4. The van der Waals surface area contributed by atoms with Crippen LogP contribution in [0.1, 0.15) is 12.0 Å². The normalized spacial score (nSPS) is 13.7. The van der Waals surface area contributed by atoms with Crippen LogP contribution in [0.15, 0.2) is 41.3 Å². The Kier molecular flexibility index (Phi) is 6.16. The summed E-state index contributed by atoms with van der Waals surface area (Å²) in [7, 11) is 1.66. The number of anilines is 1. The Hall–Kier alpha value is -3.36. The predicted molar refractivity (Wildman–Crippen MR) is 106 cm³/mol. The lowest BCUT2D eigenvalue weighted by Gasteiger charge is -2.41. The molecule has 1 saturated heterocycles. The van der Waals surface area contributed by atoms with Crippen LogP contribution in [0.5, 0.6) is 5.75 Å². The van der Waals surface area contributed by atoms with E-state index in [4.69, 9.17) is 20.6 Å². The number of aryl methyl sites for hydroxylation is 1. The van der Waals surface area contributed by atoms with Crippen molar-refractivity contribution in [2.75, 3.05) is 24.6 Å². The molecule has 0 radical (unpaired) electrons. The molecule has 3 rings (SSSR count). The van der Waals surface area contributed by atoms with Gasteiger partial charge >= 0.3 is 5.97 Å². The zero-order chi connectivity index (χ0) is 21.0. The van der Waals surface area contributed by atoms with Crippen LogP contribution >= 0.6 is 0 Å². The van der Waals surface area contributed by atoms with Crippen molar-refractivity contribution < 1.29 is 18.7 Å². The number of nitrogens with one attached hydrogen (secondary N) is 1. The molecular formula is C20H23FN4O4. The van der Waals surface area contributed by atoms with Crippen LogP contribution < -0.4 is 20.9 Å². The van der Waals surface area contributed by atoms with Gasteiger partial charge in [0.25, 0.3) is 0 Å². The van der Waals surface area contributed by atoms with E-state index in [0.717, 1.165) is 0 Å². The Labute approximate surface area is 167 Å². The van der Waals surface area contributed by atoms with Gasteiger partial charge in [-0.1, -0.05) is 12.1 Å². The van der Waals surface area contributed by atoms with Crippen molar-refractivity contribution in [1.82, 2.24) is 4.57 Å². The molecule has 0 aliphatic carbocycles. The van der Waals surface area contributed by atoms with Gasteiger partial charge < -0.3 is 24.7 Å². The van der Waals surface area contributed by atoms with E-state index >= 15 is 0 Å². The van der Waals surface area contributed by atoms with Gasteiger partial charge in [-0.15, -0.1) is 0 Å². The fourth-order valence-corrected chi connectivity index (χ4v) is 3.03. The first-order valence-electron chi connectivity index (χ1n) is 9.14. The maximum atomic E-state index is 14.8. The Balaban J connectivity index is 1.52. The maximum absolute atomic E-state index is 14.8. The first-order chi connectivity index (χ1) is 13.8. The molecule has 154 valence electrons. The number of ether oxygens (including phenoxy) is 2. The van der Waals surface area contributed by atoms with Gasteiger partial charge in [0.05, 0.1) is 12.3 Å². The van der Waals surface area contributed by atoms with E-state index in [1.807, 2.05) is 4.90 Å². The molecule has 0 spiro atoms. The average molecular weight is 402 g/mol. The lowest BCUT2D eigenvalue weighted by molar-refractivity contribution is -0.143. The maximum Gasteiger partial charge on any atom is 0.313 e. The molecule has 1 aliphatic rings. The van der Waals surface area contributed by atoms with Gasteiger partial charge in [-0.05, 0) is 12.1 Å². The molecule has 1 fully saturated rings. The smallest absolute Gasteiger partial charge is 0.313 e. The van der Waals surface area contributed by atoms with Crippen LogP contribution in [0.2, 0.25) is 0 Å². The summed E-state index contributed by atoms with van der Waals surface area (Å²) in [5, 5.41) is 7.07. The Morgan fingerprint density at radius 1 is 1.31 bits per heavy atom. The molecule has 2 heterocycles. The SMILES string of the molecule is Cn1cc(OCC2CN(c3cccc(COC(=O)CC(=N)N)c3F)C2)ccc1=O. The number of pyridine rings is 1. The number of halogens is 1. The Morgan fingerprint density at radius 2 is 2.07 bits per heavy atom. The van der Waals surface area contributed by atoms with Gasteiger partial charge in [0.15, 0.2) is 5.82 Å². The number of carbonyl (C=O) groups is 1. The number of aromatic nitrogens is 1. The lowest BCUT2D eigenvalue weighted by atomic mass is 9.99. The molecule has 0 saturated carbocycles. The number of carbonyl (C=O) groups excluding carboxylic acids is 1. The van der Waals surface area contributed by atoms with Gasteiger partial charge in [-0.3, -0.25) is 15.0 Å². The third-order valence-corrected chi connectivity index (χ3v) is 4.62. The standard InChI is InChI=1S/C20H23FN4O4/c1-24-10-15(5-6-18(24)26)28-11-13-8-25(9-13)16-4-2-3-14(20(16)21)12-29-19(27)7-17(22)23/h2-6,10,13H,7-9,11-12H2,1H3,(H3,22,23). The number of esters is 1. The van der Waals surface area contributed by atoms with E-state index in [1.165, 1.54) is 10.6 Å². The van der Waals surface area contributed by atoms with E-state index in [-0.39, 0.29) is 35.9 Å². The predicted octanol–water partition coefficient (Wildman–Crippen LogP) is 1.41. The monoisotopic (exact) mass is 402 g/mol. The molecular weight excluding hydrogens is 379 g/mol. The highest BCUT2D eigenvalue weighted by Gasteiger charge is 2.30. The molecule has 1 aliphatic heterocycles. The number of amidine groups is 1. The third-order valence-electron chi connectivity index (χ3n) is 4.62. The summed E-state index contributed by atoms with van der Waals surface area (Å²) in [4.78, 5) is 24.8. The fourth-order valence-electron chi connectivity index (χ4n) is 3.03. The van der Waals surface area contributed by atoms with Crippen molar-refractivity contribution >= 4 is 17.5 Å². The number of hydrogen-bond acceptors (Lipinski definition) is 6. The van der Waals surface area contributed by atoms with Gasteiger partial charge in [-0.2, -0.15) is 0 Å². The van der Waals surface area contributed by atoms with Crippen molar-refractivity contribution in [2.24, 2.45) is 18.7 Å². The fraction of sp³-hybridized carbons (Fsp3) is 0.350. The summed E-state index contributed by atoms with van der Waals surface area (Å²) in [6.07, 6.45) is 1.32. The first-order valence-corrected chi connectivity index (χ1v) is 9.14. The van der Waals surface area contributed by atoms with Crippen molar-refractivity contribution in [3.8, 4) is 5.75 Å². The van der Waals surface area contributed by atoms with Crippen LogP contribution in [0, 0.1) is 17.1 Å². The van der Waals surface area contributed by atoms with Crippen LogP contribution in [-0.2, 0) is 23.2 Å². The van der Waals surface area contributed by atoms with Crippen LogP contribution in [0.25, 0.3) is 0 Å². The van der Waals surface area contributed by atoms with E-state index < -0.39 is 11.8 Å². The van der Waals surface area contributed by atoms with Gasteiger partial charge in [0, 0.05) is 43.9 Å². The second-order valence-corrected chi connectivity index (χ2v) is 7.01. The number of nitrogens with zero attached hydrogens (tertiary/aromatic N) is 2. The second kappa shape index (κ2) is 8.76. The van der Waals surface area contributed by atoms with E-state index in [1.54, 1.807) is 37.5 Å².